The molecule has 5 heteroatoms. The van der Waals surface area contributed by atoms with Gasteiger partial charge in [-0.1, -0.05) is 188 Å². The van der Waals surface area contributed by atoms with Gasteiger partial charge in [0.25, 0.3) is 0 Å². The predicted octanol–water partition coefficient (Wildman–Crippen LogP) is 15.3. The van der Waals surface area contributed by atoms with Gasteiger partial charge in [-0.2, -0.15) is 5.10 Å². The zero-order valence-electron chi connectivity index (χ0n) is 33.5. The van der Waals surface area contributed by atoms with Crippen molar-refractivity contribution >= 4 is 47.8 Å². The first-order chi connectivity index (χ1) is 30.7. The van der Waals surface area contributed by atoms with Crippen LogP contribution in [0.4, 0.5) is 0 Å². The molecule has 0 bridgehead atoms. The predicted molar refractivity (Wildman–Crippen MR) is 259 cm³/mol. The molecule has 4 nitrogen and oxygen atoms in total. The highest BCUT2D eigenvalue weighted by molar-refractivity contribution is 7.25. The topological polar surface area (TPSA) is 43.1 Å². The van der Waals surface area contributed by atoms with Crippen molar-refractivity contribution in [3.8, 4) is 78.7 Å². The number of rotatable bonds is 7. The molecule has 290 valence electrons. The molecule has 0 spiro atoms. The van der Waals surface area contributed by atoms with Gasteiger partial charge in [0.1, 0.15) is 5.69 Å². The van der Waals surface area contributed by atoms with E-state index in [0.717, 1.165) is 72.6 Å². The highest BCUT2D eigenvalue weighted by Gasteiger charge is 2.22. The quantitative estimate of drug-likeness (QED) is 0.161. The summed E-state index contributed by atoms with van der Waals surface area (Å²) in [6.45, 7) is 0. The van der Waals surface area contributed by atoms with Crippen molar-refractivity contribution in [2.75, 3.05) is 0 Å². The molecule has 0 unspecified atom stereocenters. The number of fused-ring (bicyclic) bond motifs is 6. The van der Waals surface area contributed by atoms with Crippen LogP contribution >= 0.6 is 11.3 Å². The molecule has 0 N–H and O–H groups in total. The lowest BCUT2D eigenvalue weighted by atomic mass is 9.95. The molecule has 4 heterocycles. The van der Waals surface area contributed by atoms with E-state index in [4.69, 9.17) is 15.1 Å². The van der Waals surface area contributed by atoms with Gasteiger partial charge in [-0.05, 0) is 52.4 Å². The Labute approximate surface area is 362 Å². The highest BCUT2D eigenvalue weighted by Crippen LogP contribution is 2.42. The van der Waals surface area contributed by atoms with Gasteiger partial charge in [0, 0.05) is 58.9 Å². The van der Waals surface area contributed by atoms with E-state index in [2.05, 4.69) is 205 Å². The fourth-order valence-electron chi connectivity index (χ4n) is 8.81. The van der Waals surface area contributed by atoms with Crippen LogP contribution < -0.4 is 0 Å². The summed E-state index contributed by atoms with van der Waals surface area (Å²) >= 11 is 1.85. The van der Waals surface area contributed by atoms with Gasteiger partial charge in [-0.3, -0.25) is 0 Å². The van der Waals surface area contributed by atoms with Crippen molar-refractivity contribution in [1.82, 2.24) is 19.6 Å². The molecule has 4 aromatic heterocycles. The summed E-state index contributed by atoms with van der Waals surface area (Å²) in [5.74, 6) is 0.680. The number of pyridine rings is 1. The SMILES string of the molecule is c1ccc(-c2nc(-c3ccc(-c4ccc5c(c4)sc4ccccc45)cc3)cc(-c3cccc(-c4nn5c(-c6ccccc6)cc6ccccc6c5c4-c4ccccc4)c3)n2)cc1. The van der Waals surface area contributed by atoms with E-state index in [1.165, 1.54) is 36.7 Å². The molecular formula is C57H36N4S. The van der Waals surface area contributed by atoms with E-state index in [9.17, 15) is 0 Å². The van der Waals surface area contributed by atoms with E-state index in [-0.39, 0.29) is 0 Å². The first kappa shape index (κ1) is 35.9. The molecule has 62 heavy (non-hydrogen) atoms. The molecular weight excluding hydrogens is 773 g/mol. The molecule has 0 saturated heterocycles. The summed E-state index contributed by atoms with van der Waals surface area (Å²) in [6, 6.07) is 77.3. The van der Waals surface area contributed by atoms with Crippen molar-refractivity contribution in [3.05, 3.63) is 218 Å². The van der Waals surface area contributed by atoms with Crippen LogP contribution in [0.2, 0.25) is 0 Å². The first-order valence-electron chi connectivity index (χ1n) is 20.8. The average Bonchev–Trinajstić information content (AvgIpc) is 3.94. The lowest BCUT2D eigenvalue weighted by molar-refractivity contribution is 0.979. The maximum absolute atomic E-state index is 5.50. The third-order valence-electron chi connectivity index (χ3n) is 11.8. The van der Waals surface area contributed by atoms with E-state index in [1.54, 1.807) is 0 Å². The lowest BCUT2D eigenvalue weighted by Gasteiger charge is -2.11. The Bertz CT molecular complexity index is 3610. The third kappa shape index (κ3) is 6.26. The number of hydrogen-bond acceptors (Lipinski definition) is 4. The number of hydrogen-bond donors (Lipinski definition) is 0. The monoisotopic (exact) mass is 808 g/mol. The van der Waals surface area contributed by atoms with Crippen molar-refractivity contribution in [2.45, 2.75) is 0 Å². The summed E-state index contributed by atoms with van der Waals surface area (Å²) in [6.07, 6.45) is 0. The van der Waals surface area contributed by atoms with Gasteiger partial charge < -0.3 is 0 Å². The minimum Gasteiger partial charge on any atom is -0.231 e. The second-order valence-electron chi connectivity index (χ2n) is 15.6. The molecule has 0 aliphatic heterocycles. The molecule has 8 aromatic carbocycles. The van der Waals surface area contributed by atoms with Gasteiger partial charge in [-0.15, -0.1) is 11.3 Å². The van der Waals surface area contributed by atoms with Crippen molar-refractivity contribution in [3.63, 3.8) is 0 Å². The van der Waals surface area contributed by atoms with Crippen LogP contribution in [-0.4, -0.2) is 19.6 Å². The Kier molecular flexibility index (Phi) is 8.65. The van der Waals surface area contributed by atoms with Crippen LogP contribution in [0.15, 0.2) is 218 Å². The molecule has 0 radical (unpaired) electrons. The average molecular weight is 809 g/mol. The Morgan fingerprint density at radius 2 is 0.935 bits per heavy atom. The van der Waals surface area contributed by atoms with Crippen LogP contribution in [0.1, 0.15) is 0 Å². The van der Waals surface area contributed by atoms with Crippen molar-refractivity contribution in [2.24, 2.45) is 0 Å². The molecule has 12 rings (SSSR count). The normalized spacial score (nSPS) is 11.5. The van der Waals surface area contributed by atoms with E-state index in [1.807, 2.05) is 29.5 Å². The minimum atomic E-state index is 0.680. The molecule has 0 aliphatic rings. The van der Waals surface area contributed by atoms with Crippen LogP contribution in [0.25, 0.3) is 115 Å². The highest BCUT2D eigenvalue weighted by atomic mass is 32.1. The number of nitrogens with zero attached hydrogens (tertiary/aromatic N) is 4. The minimum absolute atomic E-state index is 0.680. The largest absolute Gasteiger partial charge is 0.231 e. The maximum atomic E-state index is 5.50. The summed E-state index contributed by atoms with van der Waals surface area (Å²) in [7, 11) is 0. The molecule has 0 amide bonds. The Morgan fingerprint density at radius 1 is 0.355 bits per heavy atom. The van der Waals surface area contributed by atoms with Crippen LogP contribution in [0, 0.1) is 0 Å². The van der Waals surface area contributed by atoms with Gasteiger partial charge in [0.2, 0.25) is 0 Å². The van der Waals surface area contributed by atoms with Gasteiger partial charge in [-0.25, -0.2) is 14.5 Å². The first-order valence-corrected chi connectivity index (χ1v) is 21.7. The van der Waals surface area contributed by atoms with E-state index in [0.29, 0.717) is 5.82 Å². The molecule has 0 aliphatic carbocycles. The van der Waals surface area contributed by atoms with Crippen LogP contribution in [-0.2, 0) is 0 Å². The third-order valence-corrected chi connectivity index (χ3v) is 13.0. The Morgan fingerprint density at radius 3 is 1.71 bits per heavy atom. The van der Waals surface area contributed by atoms with Gasteiger partial charge in [0.15, 0.2) is 5.82 Å². The lowest BCUT2D eigenvalue weighted by Crippen LogP contribution is -1.96. The fourth-order valence-corrected chi connectivity index (χ4v) is 9.95. The molecule has 0 atom stereocenters. The maximum Gasteiger partial charge on any atom is 0.160 e. The van der Waals surface area contributed by atoms with Gasteiger partial charge in [0.05, 0.1) is 22.6 Å². The molecule has 0 saturated carbocycles. The number of aromatic nitrogens is 4. The van der Waals surface area contributed by atoms with Crippen molar-refractivity contribution < 1.29 is 0 Å². The van der Waals surface area contributed by atoms with E-state index < -0.39 is 0 Å². The summed E-state index contributed by atoms with van der Waals surface area (Å²) in [5.41, 5.74) is 14.4. The molecule has 0 fully saturated rings. The standard InChI is InChI=1S/C57H36N4S/c1-4-15-39(16-5-1)51-34-43-21-10-11-24-46(43)56-54(40-17-6-2-7-18-40)55(60-61(51)56)45-23-14-22-44(33-45)50-36-49(58-57(59-50)41-19-8-3-9-20-41)38-29-27-37(28-30-38)42-31-32-48-47-25-12-13-26-52(47)62-53(48)35-42/h1-36H. The fraction of sp³-hybridized carbons (Fsp3) is 0. The van der Waals surface area contributed by atoms with Crippen LogP contribution in [0.5, 0.6) is 0 Å². The Hall–Kier alpha value is -7.99. The number of thiophene rings is 1. The van der Waals surface area contributed by atoms with E-state index >= 15 is 0 Å². The van der Waals surface area contributed by atoms with Crippen LogP contribution in [0.3, 0.4) is 0 Å². The Balaban J connectivity index is 0.998. The zero-order valence-corrected chi connectivity index (χ0v) is 34.3. The second-order valence-corrected chi connectivity index (χ2v) is 16.7. The number of benzene rings is 8. The zero-order chi connectivity index (χ0) is 41.0. The van der Waals surface area contributed by atoms with Gasteiger partial charge >= 0.3 is 0 Å². The second kappa shape index (κ2) is 14.9. The summed E-state index contributed by atoms with van der Waals surface area (Å²) in [5, 5.41) is 10.4. The molecule has 12 aromatic rings. The smallest absolute Gasteiger partial charge is 0.160 e. The summed E-state index contributed by atoms with van der Waals surface area (Å²) < 4.78 is 4.75. The van der Waals surface area contributed by atoms with Crippen molar-refractivity contribution in [1.29, 1.82) is 0 Å². The summed E-state index contributed by atoms with van der Waals surface area (Å²) in [4.78, 5) is 10.4.